The Balaban J connectivity index is 3.36. The van der Waals surface area contributed by atoms with Crippen LogP contribution in [0.3, 0.4) is 0 Å². The van der Waals surface area contributed by atoms with E-state index in [1.54, 1.807) is 0 Å². The summed E-state index contributed by atoms with van der Waals surface area (Å²) in [5.74, 6) is -0.385. The molecule has 60 valence electrons. The van der Waals surface area contributed by atoms with Crippen LogP contribution in [0.25, 0.3) is 0 Å². The van der Waals surface area contributed by atoms with Crippen LogP contribution in [-0.4, -0.2) is 23.4 Å². The van der Waals surface area contributed by atoms with Crippen LogP contribution in [0.15, 0.2) is 17.0 Å². The van der Waals surface area contributed by atoms with Gasteiger partial charge in [-0.1, -0.05) is 0 Å². The van der Waals surface area contributed by atoms with Gasteiger partial charge in [0, 0.05) is 24.4 Å². The van der Waals surface area contributed by atoms with Crippen LogP contribution >= 0.6 is 15.9 Å². The molecule has 1 aromatic rings. The minimum atomic E-state index is -3.16. The van der Waals surface area contributed by atoms with E-state index in [4.69, 9.17) is 11.0 Å². The minimum absolute atomic E-state index is 0.131. The predicted octanol–water partition coefficient (Wildman–Crippen LogP) is 1.70. The maximum absolute atomic E-state index is 7.57. The summed E-state index contributed by atoms with van der Waals surface area (Å²) < 4.78 is 58.8. The van der Waals surface area contributed by atoms with Crippen molar-refractivity contribution >= 4 is 21.7 Å². The van der Waals surface area contributed by atoms with Gasteiger partial charge in [-0.25, -0.2) is 9.97 Å². The van der Waals surface area contributed by atoms with E-state index < -0.39 is 20.3 Å². The summed E-state index contributed by atoms with van der Waals surface area (Å²) >= 11 is 3.00. The van der Waals surface area contributed by atoms with E-state index in [0.29, 0.717) is 4.60 Å². The lowest BCUT2D eigenvalue weighted by molar-refractivity contribution is 0.925. The zero-order valence-corrected chi connectivity index (χ0v) is 6.96. The van der Waals surface area contributed by atoms with Gasteiger partial charge in [0.15, 0.2) is 0 Å². The van der Waals surface area contributed by atoms with E-state index >= 15 is 0 Å². The van der Waals surface area contributed by atoms with Gasteiger partial charge in [-0.3, -0.25) is 0 Å². The summed E-state index contributed by atoms with van der Waals surface area (Å²) in [6.45, 7) is -9.28. The van der Waals surface area contributed by atoms with Crippen LogP contribution in [0.1, 0.15) is 17.8 Å². The lowest BCUT2D eigenvalue weighted by Gasteiger charge is -2.13. The molecule has 0 bridgehead atoms. The highest BCUT2D eigenvalue weighted by Gasteiger charge is 1.98. The van der Waals surface area contributed by atoms with Crippen LogP contribution in [0, 0.1) is 0 Å². The first-order chi connectivity index (χ1) is 8.37. The molecule has 4 heteroatoms. The lowest BCUT2D eigenvalue weighted by Crippen LogP contribution is -2.17. The lowest BCUT2D eigenvalue weighted by atomic mass is 10.5. The molecule has 0 unspecified atom stereocenters. The fourth-order valence-corrected chi connectivity index (χ4v) is 0.683. The monoisotopic (exact) mass is 223 g/mol. The highest BCUT2D eigenvalue weighted by molar-refractivity contribution is 9.10. The Morgan fingerprint density at radius 3 is 3.18 bits per heavy atom. The predicted molar refractivity (Wildman–Crippen MR) is 48.7 cm³/mol. The summed E-state index contributed by atoms with van der Waals surface area (Å²) in [7, 11) is 0. The van der Waals surface area contributed by atoms with Crippen molar-refractivity contribution in [3.05, 3.63) is 17.0 Å². The number of hydrogen-bond donors (Lipinski definition) is 0. The van der Waals surface area contributed by atoms with Gasteiger partial charge in [0.2, 0.25) is 0 Å². The second-order valence-corrected chi connectivity index (χ2v) is 2.46. The maximum atomic E-state index is 7.57. The third-order valence-electron chi connectivity index (χ3n) is 0.948. The Labute approximate surface area is 85.8 Å². The third kappa shape index (κ3) is 2.15. The van der Waals surface area contributed by atoms with Crippen molar-refractivity contribution in [3.8, 4) is 0 Å². The summed E-state index contributed by atoms with van der Waals surface area (Å²) in [4.78, 5) is 7.54. The molecule has 0 atom stereocenters. The zero-order chi connectivity index (χ0) is 15.1. The van der Waals surface area contributed by atoms with Crippen LogP contribution in [-0.2, 0) is 0 Å². The van der Waals surface area contributed by atoms with Crippen molar-refractivity contribution in [1.29, 1.82) is 0 Å². The third-order valence-corrected chi connectivity index (χ3v) is 1.36. The smallest absolute Gasteiger partial charge is 0.146 e. The summed E-state index contributed by atoms with van der Waals surface area (Å²) in [6.07, 6.45) is 2.14. The standard InChI is InChI=1S/C7H10BrN3/c1-3-11(2)7-5-9-6(8)4-10-7/h4-5H,3H2,1-2H3/i1D3,2D3,3D2. The number of nitrogens with zero attached hydrogens (tertiary/aromatic N) is 3. The fraction of sp³-hybridized carbons (Fsp3) is 0.429. The fourth-order valence-electron chi connectivity index (χ4n) is 0.478. The Morgan fingerprint density at radius 1 is 1.73 bits per heavy atom. The van der Waals surface area contributed by atoms with E-state index in [0.717, 1.165) is 12.4 Å². The molecule has 0 saturated carbocycles. The maximum Gasteiger partial charge on any atom is 0.146 e. The Morgan fingerprint density at radius 2 is 2.64 bits per heavy atom. The van der Waals surface area contributed by atoms with Gasteiger partial charge in [-0.05, 0) is 22.8 Å². The molecule has 0 aliphatic carbocycles. The molecule has 0 aliphatic heterocycles. The molecule has 0 amide bonds. The molecule has 0 radical (unpaired) electrons. The van der Waals surface area contributed by atoms with E-state index in [2.05, 4.69) is 25.9 Å². The zero-order valence-electron chi connectivity index (χ0n) is 13.4. The molecule has 1 rings (SSSR count). The first-order valence-corrected chi connectivity index (χ1v) is 3.44. The van der Waals surface area contributed by atoms with E-state index in [-0.39, 0.29) is 10.7 Å². The number of aromatic nitrogens is 2. The van der Waals surface area contributed by atoms with E-state index in [1.807, 2.05) is 0 Å². The molecule has 11 heavy (non-hydrogen) atoms. The molecule has 0 saturated heterocycles. The average Bonchev–Trinajstić information content (AvgIpc) is 2.17. The Kier molecular flexibility index (Phi) is 0.897. The van der Waals surface area contributed by atoms with Crippen LogP contribution in [0.4, 0.5) is 5.82 Å². The largest absolute Gasteiger partial charge is 0.359 e. The van der Waals surface area contributed by atoms with Gasteiger partial charge >= 0.3 is 0 Å². The molecule has 0 fully saturated rings. The average molecular weight is 224 g/mol. The molecule has 0 aliphatic rings. The van der Waals surface area contributed by atoms with Gasteiger partial charge in [-0.2, -0.15) is 0 Å². The van der Waals surface area contributed by atoms with Crippen molar-refractivity contribution in [2.45, 2.75) is 6.85 Å². The van der Waals surface area contributed by atoms with Gasteiger partial charge < -0.3 is 4.90 Å². The van der Waals surface area contributed by atoms with Gasteiger partial charge in [0.25, 0.3) is 0 Å². The first kappa shape index (κ1) is 2.69. The van der Waals surface area contributed by atoms with Crippen LogP contribution < -0.4 is 4.90 Å². The van der Waals surface area contributed by atoms with Crippen molar-refractivity contribution in [3.63, 3.8) is 0 Å². The normalized spacial score (nSPS) is 24.1. The molecule has 0 spiro atoms. The Hall–Kier alpha value is -0.640. The first-order valence-electron chi connectivity index (χ1n) is 6.65. The molecular weight excluding hydrogens is 206 g/mol. The quantitative estimate of drug-likeness (QED) is 0.765. The number of anilines is 1. The van der Waals surface area contributed by atoms with Crippen LogP contribution in [0.5, 0.6) is 0 Å². The second kappa shape index (κ2) is 3.67. The topological polar surface area (TPSA) is 29.0 Å². The second-order valence-electron chi connectivity index (χ2n) is 1.64. The van der Waals surface area contributed by atoms with E-state index in [1.165, 1.54) is 0 Å². The molecule has 1 aromatic heterocycles. The van der Waals surface area contributed by atoms with Crippen LogP contribution in [0.2, 0.25) is 0 Å². The van der Waals surface area contributed by atoms with Gasteiger partial charge in [-0.15, -0.1) is 0 Å². The van der Waals surface area contributed by atoms with Crippen molar-refractivity contribution in [2.75, 3.05) is 18.4 Å². The molecule has 0 N–H and O–H groups in total. The molecule has 0 aromatic carbocycles. The minimum Gasteiger partial charge on any atom is -0.359 e. The van der Waals surface area contributed by atoms with Gasteiger partial charge in [0.1, 0.15) is 10.4 Å². The highest BCUT2D eigenvalue weighted by Crippen LogP contribution is 2.08. The van der Waals surface area contributed by atoms with Crippen molar-refractivity contribution in [2.24, 2.45) is 0 Å². The highest BCUT2D eigenvalue weighted by atomic mass is 79.9. The molecule has 1 heterocycles. The SMILES string of the molecule is [2H]C([2H])([2H])N(c1cnc(Br)cn1)C([2H])([2H])C([2H])([2H])[2H]. The summed E-state index contributed by atoms with van der Waals surface area (Å²) in [6, 6.07) is 0. The summed E-state index contributed by atoms with van der Waals surface area (Å²) in [5, 5.41) is 0. The Bertz CT molecular complexity index is 439. The van der Waals surface area contributed by atoms with Gasteiger partial charge in [0.05, 0.1) is 12.4 Å². The number of halogens is 1. The molecular formula is C7H10BrN3. The number of hydrogen-bond acceptors (Lipinski definition) is 3. The van der Waals surface area contributed by atoms with E-state index in [9.17, 15) is 0 Å². The molecule has 3 nitrogen and oxygen atoms in total. The van der Waals surface area contributed by atoms with Crippen molar-refractivity contribution in [1.82, 2.24) is 9.97 Å². The van der Waals surface area contributed by atoms with Crippen molar-refractivity contribution < 1.29 is 11.0 Å². The number of rotatable bonds is 2. The summed E-state index contributed by atoms with van der Waals surface area (Å²) in [5.41, 5.74) is 0.